The molecular formula is C10H12O. The Kier molecular flexibility index (Phi) is 2.35. The van der Waals surface area contributed by atoms with Crippen LogP contribution >= 0.6 is 0 Å². The van der Waals surface area contributed by atoms with Gasteiger partial charge in [0.1, 0.15) is 5.76 Å². The summed E-state index contributed by atoms with van der Waals surface area (Å²) in [5.41, 5.74) is 3.89. The van der Waals surface area contributed by atoms with Crippen LogP contribution in [0.15, 0.2) is 41.4 Å². The topological polar surface area (TPSA) is 20.2 Å². The zero-order chi connectivity index (χ0) is 8.27. The second-order valence-corrected chi connectivity index (χ2v) is 2.82. The average molecular weight is 148 g/mol. The lowest BCUT2D eigenvalue weighted by Gasteiger charge is -2.05. The van der Waals surface area contributed by atoms with Crippen molar-refractivity contribution < 1.29 is 5.11 Å². The Morgan fingerprint density at radius 1 is 1.36 bits per heavy atom. The molecule has 1 rings (SSSR count). The normalized spacial score (nSPS) is 16.3. The Balaban J connectivity index is 3.03. The molecule has 1 heteroatoms. The smallest absolute Gasteiger partial charge is 0.126 e. The Hall–Kier alpha value is -1.20. The molecule has 0 radical (unpaired) electrons. The number of rotatable bonds is 1. The van der Waals surface area contributed by atoms with Gasteiger partial charge in [-0.2, -0.15) is 0 Å². The first-order valence-electron chi connectivity index (χ1n) is 3.74. The maximum Gasteiger partial charge on any atom is 0.126 e. The molecule has 0 atom stereocenters. The number of hydrogen-bond acceptors (Lipinski definition) is 1. The first-order valence-corrected chi connectivity index (χ1v) is 3.74. The molecule has 0 saturated heterocycles. The third-order valence-electron chi connectivity index (χ3n) is 1.55. The summed E-state index contributed by atoms with van der Waals surface area (Å²) >= 11 is 0. The summed E-state index contributed by atoms with van der Waals surface area (Å²) in [6.45, 7) is 4.07. The third-order valence-corrected chi connectivity index (χ3v) is 1.55. The first-order chi connectivity index (χ1) is 5.22. The second kappa shape index (κ2) is 3.27. The highest BCUT2D eigenvalue weighted by molar-refractivity contribution is 5.33. The van der Waals surface area contributed by atoms with Gasteiger partial charge < -0.3 is 5.11 Å². The molecule has 0 aromatic heterocycles. The Morgan fingerprint density at radius 3 is 2.73 bits per heavy atom. The molecule has 0 unspecified atom stereocenters. The molecule has 1 N–H and O–H groups in total. The standard InChI is InChI=1S/C10H12O/c1-8(2)9-6-4-3-5-7-10(9)11/h3-5,7-8,11H,1-2H3. The highest BCUT2D eigenvalue weighted by atomic mass is 16.3. The molecule has 0 saturated carbocycles. The van der Waals surface area contributed by atoms with Crippen molar-refractivity contribution in [3.63, 3.8) is 0 Å². The van der Waals surface area contributed by atoms with Crippen molar-refractivity contribution in [3.8, 4) is 0 Å². The summed E-state index contributed by atoms with van der Waals surface area (Å²) in [5, 5.41) is 9.41. The van der Waals surface area contributed by atoms with Gasteiger partial charge in [-0.3, -0.25) is 0 Å². The van der Waals surface area contributed by atoms with Gasteiger partial charge in [-0.25, -0.2) is 0 Å². The van der Waals surface area contributed by atoms with Crippen LogP contribution in [-0.4, -0.2) is 5.11 Å². The molecule has 1 aliphatic rings. The minimum absolute atomic E-state index is 0.322. The van der Waals surface area contributed by atoms with Gasteiger partial charge in [-0.15, -0.1) is 5.73 Å². The van der Waals surface area contributed by atoms with E-state index in [0.29, 0.717) is 11.7 Å². The van der Waals surface area contributed by atoms with E-state index in [0.717, 1.165) is 5.57 Å². The van der Waals surface area contributed by atoms with E-state index >= 15 is 0 Å². The van der Waals surface area contributed by atoms with E-state index in [1.807, 2.05) is 26.0 Å². The molecule has 0 aliphatic heterocycles. The number of allylic oxidation sites excluding steroid dienone is 4. The average Bonchev–Trinajstić information content (AvgIpc) is 2.13. The summed E-state index contributed by atoms with van der Waals surface area (Å²) in [5.74, 6) is 0.646. The van der Waals surface area contributed by atoms with Gasteiger partial charge >= 0.3 is 0 Å². The van der Waals surface area contributed by atoms with Gasteiger partial charge in [0, 0.05) is 5.57 Å². The zero-order valence-electron chi connectivity index (χ0n) is 6.83. The summed E-state index contributed by atoms with van der Waals surface area (Å²) in [7, 11) is 0. The fraction of sp³-hybridized carbons (Fsp3) is 0.300. The van der Waals surface area contributed by atoms with Crippen LogP contribution in [0.3, 0.4) is 0 Å². The van der Waals surface area contributed by atoms with E-state index in [2.05, 4.69) is 5.73 Å². The SMILES string of the molecule is CC(C)C1=C=CC=CC=C1O. The van der Waals surface area contributed by atoms with Crippen molar-refractivity contribution in [1.82, 2.24) is 0 Å². The lowest BCUT2D eigenvalue weighted by atomic mass is 10.0. The Bertz CT molecular complexity index is 261. The van der Waals surface area contributed by atoms with Gasteiger partial charge in [-0.1, -0.05) is 26.0 Å². The first kappa shape index (κ1) is 7.90. The van der Waals surface area contributed by atoms with E-state index < -0.39 is 0 Å². The van der Waals surface area contributed by atoms with Gasteiger partial charge in [0.25, 0.3) is 0 Å². The molecular weight excluding hydrogens is 136 g/mol. The van der Waals surface area contributed by atoms with Crippen molar-refractivity contribution in [3.05, 3.63) is 41.4 Å². The zero-order valence-corrected chi connectivity index (χ0v) is 6.83. The third kappa shape index (κ3) is 1.86. The fourth-order valence-electron chi connectivity index (χ4n) is 0.966. The van der Waals surface area contributed by atoms with Gasteiger partial charge in [0.2, 0.25) is 0 Å². The summed E-state index contributed by atoms with van der Waals surface area (Å²) < 4.78 is 0. The molecule has 0 aromatic rings. The molecule has 0 aromatic carbocycles. The monoisotopic (exact) mass is 148 g/mol. The highest BCUT2D eigenvalue weighted by Gasteiger charge is 2.06. The number of aliphatic hydroxyl groups is 1. The molecule has 0 fully saturated rings. The van der Waals surface area contributed by atoms with Crippen LogP contribution in [0.2, 0.25) is 0 Å². The molecule has 11 heavy (non-hydrogen) atoms. The fourth-order valence-corrected chi connectivity index (χ4v) is 0.966. The quantitative estimate of drug-likeness (QED) is 0.567. The maximum atomic E-state index is 9.41. The van der Waals surface area contributed by atoms with Crippen molar-refractivity contribution in [2.24, 2.45) is 5.92 Å². The molecule has 1 aliphatic carbocycles. The molecule has 1 nitrogen and oxygen atoms in total. The summed E-state index contributed by atoms with van der Waals surface area (Å²) in [4.78, 5) is 0. The van der Waals surface area contributed by atoms with Crippen LogP contribution in [0.5, 0.6) is 0 Å². The van der Waals surface area contributed by atoms with Crippen LogP contribution in [0.25, 0.3) is 0 Å². The molecule has 0 spiro atoms. The van der Waals surface area contributed by atoms with E-state index in [1.165, 1.54) is 0 Å². The van der Waals surface area contributed by atoms with Crippen LogP contribution in [0, 0.1) is 5.92 Å². The van der Waals surface area contributed by atoms with Crippen LogP contribution < -0.4 is 0 Å². The van der Waals surface area contributed by atoms with E-state index in [1.54, 1.807) is 12.2 Å². The highest BCUT2D eigenvalue weighted by Crippen LogP contribution is 2.16. The molecule has 58 valence electrons. The van der Waals surface area contributed by atoms with Crippen molar-refractivity contribution in [1.29, 1.82) is 0 Å². The van der Waals surface area contributed by atoms with E-state index in [9.17, 15) is 5.11 Å². The summed E-state index contributed by atoms with van der Waals surface area (Å²) in [6, 6.07) is 0. The second-order valence-electron chi connectivity index (χ2n) is 2.82. The maximum absolute atomic E-state index is 9.41. The largest absolute Gasteiger partial charge is 0.507 e. The Morgan fingerprint density at radius 2 is 2.09 bits per heavy atom. The van der Waals surface area contributed by atoms with Gasteiger partial charge in [0.15, 0.2) is 0 Å². The van der Waals surface area contributed by atoms with Crippen LogP contribution in [0.1, 0.15) is 13.8 Å². The number of aliphatic hydroxyl groups excluding tert-OH is 1. The van der Waals surface area contributed by atoms with E-state index in [4.69, 9.17) is 0 Å². The van der Waals surface area contributed by atoms with Gasteiger partial charge in [0.05, 0.1) is 0 Å². The molecule has 0 amide bonds. The lowest BCUT2D eigenvalue weighted by molar-refractivity contribution is 0.411. The Labute approximate surface area is 67.1 Å². The van der Waals surface area contributed by atoms with E-state index in [-0.39, 0.29) is 0 Å². The van der Waals surface area contributed by atoms with Gasteiger partial charge in [-0.05, 0) is 18.1 Å². The van der Waals surface area contributed by atoms with Crippen LogP contribution in [0.4, 0.5) is 0 Å². The van der Waals surface area contributed by atoms with Crippen molar-refractivity contribution in [2.45, 2.75) is 13.8 Å². The van der Waals surface area contributed by atoms with Crippen LogP contribution in [-0.2, 0) is 0 Å². The predicted molar refractivity (Wildman–Crippen MR) is 46.3 cm³/mol. The van der Waals surface area contributed by atoms with Crippen molar-refractivity contribution >= 4 is 0 Å². The molecule has 0 bridgehead atoms. The number of hydrogen-bond donors (Lipinski definition) is 1. The lowest BCUT2D eigenvalue weighted by Crippen LogP contribution is -1.95. The summed E-state index contributed by atoms with van der Waals surface area (Å²) in [6.07, 6.45) is 7.16. The minimum atomic E-state index is 0.322. The molecule has 0 heterocycles. The van der Waals surface area contributed by atoms with Crippen molar-refractivity contribution in [2.75, 3.05) is 0 Å². The predicted octanol–water partition coefficient (Wildman–Crippen LogP) is 2.74. The minimum Gasteiger partial charge on any atom is -0.507 e.